The third-order valence-electron chi connectivity index (χ3n) is 5.00. The van der Waals surface area contributed by atoms with Crippen LogP contribution >= 0.6 is 0 Å². The van der Waals surface area contributed by atoms with Gasteiger partial charge >= 0.3 is 0 Å². The molecular weight excluding hydrogens is 416 g/mol. The van der Waals surface area contributed by atoms with Crippen LogP contribution in [-0.2, 0) is 0 Å². The summed E-state index contributed by atoms with van der Waals surface area (Å²) in [5, 5.41) is 0. The number of benzene rings is 4. The molecule has 4 heteroatoms. The maximum atomic E-state index is 4.23. The standard InChI is InChI=1S/2C15H14N2/c1-12-3-7-14(8-4-12)16-11-17-15-9-5-13(2)6-10-15;1-12-7-3-5-9-14(12)16-11-17-15-10-6-4-8-13(15)2/h2*3-10H,1-2H3. The van der Waals surface area contributed by atoms with Crippen LogP contribution in [0.3, 0.4) is 0 Å². The Morgan fingerprint density at radius 3 is 1.15 bits per heavy atom. The topological polar surface area (TPSA) is 49.4 Å². The van der Waals surface area contributed by atoms with Crippen LogP contribution in [-0.4, -0.2) is 12.0 Å². The molecule has 0 aromatic heterocycles. The Morgan fingerprint density at radius 2 is 0.765 bits per heavy atom. The Kier molecular flexibility index (Phi) is 9.01. The predicted octanol–water partition coefficient (Wildman–Crippen LogP) is 8.88. The molecule has 0 heterocycles. The van der Waals surface area contributed by atoms with Gasteiger partial charge in [-0.05, 0) is 75.2 Å². The average molecular weight is 445 g/mol. The largest absolute Gasteiger partial charge is 0.188 e. The number of aryl methyl sites for hydroxylation is 4. The second-order valence-electron chi connectivity index (χ2n) is 7.89. The Balaban J connectivity index is 0.000000191. The fourth-order valence-electron chi connectivity index (χ4n) is 2.89. The van der Waals surface area contributed by atoms with E-state index in [-0.39, 0.29) is 0 Å². The highest BCUT2D eigenvalue weighted by Gasteiger charge is 1.93. The SMILES string of the molecule is Cc1ccc(N=C=Nc2ccc(C)cc2)cc1.Cc1ccccc1N=C=Nc1ccccc1C. The van der Waals surface area contributed by atoms with Gasteiger partial charge in [-0.3, -0.25) is 0 Å². The van der Waals surface area contributed by atoms with Crippen LogP contribution in [0.5, 0.6) is 0 Å². The van der Waals surface area contributed by atoms with Crippen molar-refractivity contribution >= 4 is 34.8 Å². The summed E-state index contributed by atoms with van der Waals surface area (Å²) in [4.78, 5) is 16.7. The first-order chi connectivity index (χ1) is 16.5. The first kappa shape index (κ1) is 24.3. The fraction of sp³-hybridized carbons (Fsp3) is 0.133. The van der Waals surface area contributed by atoms with Crippen molar-refractivity contribution in [1.29, 1.82) is 0 Å². The van der Waals surface area contributed by atoms with Crippen LogP contribution < -0.4 is 0 Å². The molecule has 168 valence electrons. The van der Waals surface area contributed by atoms with Crippen molar-refractivity contribution in [3.8, 4) is 0 Å². The zero-order valence-electron chi connectivity index (χ0n) is 20.0. The number of para-hydroxylation sites is 2. The number of hydrogen-bond acceptors (Lipinski definition) is 4. The lowest BCUT2D eigenvalue weighted by atomic mass is 10.2. The Bertz CT molecular complexity index is 1240. The van der Waals surface area contributed by atoms with E-state index in [1.807, 2.05) is 125 Å². The van der Waals surface area contributed by atoms with E-state index < -0.39 is 0 Å². The number of rotatable bonds is 4. The number of nitrogens with zero attached hydrogens (tertiary/aromatic N) is 4. The summed E-state index contributed by atoms with van der Waals surface area (Å²) in [6, 6.07) is 37.2. The van der Waals surface area contributed by atoms with Gasteiger partial charge in [-0.2, -0.15) is 20.0 Å². The Hall–Kier alpha value is -4.36. The van der Waals surface area contributed by atoms with E-state index in [0.717, 1.165) is 33.9 Å². The predicted molar refractivity (Wildman–Crippen MR) is 143 cm³/mol. The van der Waals surface area contributed by atoms with Gasteiger partial charge in [-0.15, -0.1) is 0 Å². The van der Waals surface area contributed by atoms with Gasteiger partial charge in [-0.1, -0.05) is 71.8 Å². The second kappa shape index (κ2) is 12.6. The zero-order chi connectivity index (χ0) is 24.2. The molecular formula is C30H28N4. The average Bonchev–Trinajstić information content (AvgIpc) is 2.84. The van der Waals surface area contributed by atoms with Crippen LogP contribution in [0.2, 0.25) is 0 Å². The molecule has 4 aromatic rings. The Labute approximate surface area is 201 Å². The van der Waals surface area contributed by atoms with E-state index in [9.17, 15) is 0 Å². The summed E-state index contributed by atoms with van der Waals surface area (Å²) < 4.78 is 0. The summed E-state index contributed by atoms with van der Waals surface area (Å²) in [6.07, 6.45) is 0. The molecule has 0 unspecified atom stereocenters. The van der Waals surface area contributed by atoms with Crippen LogP contribution in [0.15, 0.2) is 117 Å². The highest BCUT2D eigenvalue weighted by Crippen LogP contribution is 2.18. The maximum Gasteiger partial charge on any atom is 0.100 e. The smallest absolute Gasteiger partial charge is 0.100 e. The Morgan fingerprint density at radius 1 is 0.412 bits per heavy atom. The lowest BCUT2D eigenvalue weighted by Crippen LogP contribution is -1.73. The molecule has 0 saturated heterocycles. The van der Waals surface area contributed by atoms with Gasteiger partial charge in [0.05, 0.1) is 22.7 Å². The summed E-state index contributed by atoms with van der Waals surface area (Å²) >= 11 is 0. The molecule has 0 aliphatic carbocycles. The van der Waals surface area contributed by atoms with Gasteiger partial charge < -0.3 is 0 Å². The monoisotopic (exact) mass is 444 g/mol. The summed E-state index contributed by atoms with van der Waals surface area (Å²) in [7, 11) is 0. The molecule has 0 atom stereocenters. The second-order valence-corrected chi connectivity index (χ2v) is 7.89. The van der Waals surface area contributed by atoms with Gasteiger partial charge in [0.25, 0.3) is 0 Å². The minimum absolute atomic E-state index is 0.867. The van der Waals surface area contributed by atoms with Gasteiger partial charge in [-0.25, -0.2) is 0 Å². The highest BCUT2D eigenvalue weighted by molar-refractivity contribution is 5.61. The van der Waals surface area contributed by atoms with Crippen molar-refractivity contribution in [3.63, 3.8) is 0 Å². The minimum Gasteiger partial charge on any atom is -0.188 e. The highest BCUT2D eigenvalue weighted by atomic mass is 14.8. The first-order valence-corrected chi connectivity index (χ1v) is 11.1. The summed E-state index contributed by atoms with van der Waals surface area (Å²) in [5.41, 5.74) is 8.24. The molecule has 34 heavy (non-hydrogen) atoms. The molecule has 0 spiro atoms. The van der Waals surface area contributed by atoms with Gasteiger partial charge in [0.15, 0.2) is 0 Å². The lowest BCUT2D eigenvalue weighted by Gasteiger charge is -1.96. The van der Waals surface area contributed by atoms with E-state index in [4.69, 9.17) is 0 Å². The molecule has 4 aromatic carbocycles. The van der Waals surface area contributed by atoms with E-state index in [0.29, 0.717) is 0 Å². The molecule has 4 rings (SSSR count). The molecule has 0 radical (unpaired) electrons. The third kappa shape index (κ3) is 7.96. The molecule has 0 fully saturated rings. The van der Waals surface area contributed by atoms with Crippen LogP contribution in [0.4, 0.5) is 22.7 Å². The molecule has 0 bridgehead atoms. The van der Waals surface area contributed by atoms with E-state index in [1.165, 1.54) is 11.1 Å². The summed E-state index contributed by atoms with van der Waals surface area (Å²) in [5.74, 6) is 0. The van der Waals surface area contributed by atoms with Crippen molar-refractivity contribution in [2.45, 2.75) is 27.7 Å². The maximum absolute atomic E-state index is 4.23. The van der Waals surface area contributed by atoms with E-state index >= 15 is 0 Å². The van der Waals surface area contributed by atoms with Crippen molar-refractivity contribution < 1.29 is 0 Å². The van der Waals surface area contributed by atoms with E-state index in [2.05, 4.69) is 32.0 Å². The van der Waals surface area contributed by atoms with E-state index in [1.54, 1.807) is 0 Å². The van der Waals surface area contributed by atoms with Crippen molar-refractivity contribution in [2.75, 3.05) is 0 Å². The molecule has 4 nitrogen and oxygen atoms in total. The minimum atomic E-state index is 0.867. The molecule has 0 saturated carbocycles. The normalized spacial score (nSPS) is 9.53. The molecule has 0 aliphatic rings. The van der Waals surface area contributed by atoms with Gasteiger partial charge in [0, 0.05) is 0 Å². The fourth-order valence-corrected chi connectivity index (χ4v) is 2.89. The summed E-state index contributed by atoms with van der Waals surface area (Å²) in [6.45, 7) is 8.14. The first-order valence-electron chi connectivity index (χ1n) is 11.1. The van der Waals surface area contributed by atoms with Crippen molar-refractivity contribution in [3.05, 3.63) is 119 Å². The van der Waals surface area contributed by atoms with Crippen LogP contribution in [0, 0.1) is 27.7 Å². The third-order valence-corrected chi connectivity index (χ3v) is 5.00. The molecule has 0 aliphatic heterocycles. The van der Waals surface area contributed by atoms with Crippen LogP contribution in [0.25, 0.3) is 0 Å². The molecule has 0 amide bonds. The van der Waals surface area contributed by atoms with Gasteiger partial charge in [0.2, 0.25) is 0 Å². The van der Waals surface area contributed by atoms with Gasteiger partial charge in [0.1, 0.15) is 12.0 Å². The zero-order valence-corrected chi connectivity index (χ0v) is 20.0. The van der Waals surface area contributed by atoms with Crippen molar-refractivity contribution in [2.24, 2.45) is 20.0 Å². The van der Waals surface area contributed by atoms with Crippen LogP contribution in [0.1, 0.15) is 22.3 Å². The van der Waals surface area contributed by atoms with Crippen molar-refractivity contribution in [1.82, 2.24) is 0 Å². The lowest BCUT2D eigenvalue weighted by molar-refractivity contribution is 1.38. The number of hydrogen-bond donors (Lipinski definition) is 0. The molecule has 0 N–H and O–H groups in total. The number of aliphatic imine (C=N–C) groups is 4. The quantitative estimate of drug-likeness (QED) is 0.282.